The molecule has 142 valence electrons. The first-order valence-electron chi connectivity index (χ1n) is 7.83. The summed E-state index contributed by atoms with van der Waals surface area (Å²) in [5.41, 5.74) is -0.865. The third-order valence-electron chi connectivity index (χ3n) is 3.02. The topological polar surface area (TPSA) is 69.6 Å². The number of likely N-dealkylation sites (N-methyl/N-ethyl adjacent to an activating group) is 1. The lowest BCUT2D eigenvalue weighted by molar-refractivity contribution is -0.140. The van der Waals surface area contributed by atoms with Crippen LogP contribution in [0, 0.1) is 5.92 Å². The maximum Gasteiger partial charge on any atom is 0.434 e. The second-order valence-corrected chi connectivity index (χ2v) is 6.97. The van der Waals surface area contributed by atoms with Crippen LogP contribution in [0.25, 0.3) is 0 Å². The number of carbonyl (C=O) groups is 1. The molecule has 0 saturated carbocycles. The van der Waals surface area contributed by atoms with Gasteiger partial charge in [0.15, 0.2) is 11.7 Å². The number of amides is 1. The van der Waals surface area contributed by atoms with E-state index in [0.717, 1.165) is 16.7 Å². The van der Waals surface area contributed by atoms with Gasteiger partial charge in [-0.1, -0.05) is 13.8 Å². The van der Waals surface area contributed by atoms with E-state index in [4.69, 9.17) is 0 Å². The van der Waals surface area contributed by atoms with Gasteiger partial charge in [0.25, 0.3) is 0 Å². The van der Waals surface area contributed by atoms with Gasteiger partial charge in [0, 0.05) is 39.0 Å². The number of aromatic nitrogens is 1. The van der Waals surface area contributed by atoms with Gasteiger partial charge >= 0.3 is 6.18 Å². The van der Waals surface area contributed by atoms with E-state index in [9.17, 15) is 18.0 Å². The van der Waals surface area contributed by atoms with Crippen molar-refractivity contribution in [2.75, 3.05) is 33.7 Å². The standard InChI is InChI=1S/C15H24F3N5OS/c1-10(2)7-20-14(21-8-13(24)23(3)4)19-6-5-12-22-11(9-25-12)15(16,17)18/h9-10H,5-8H2,1-4H3,(H2,19,20,21). The van der Waals surface area contributed by atoms with Gasteiger partial charge in [-0.05, 0) is 5.92 Å². The van der Waals surface area contributed by atoms with Crippen LogP contribution >= 0.6 is 11.3 Å². The summed E-state index contributed by atoms with van der Waals surface area (Å²) >= 11 is 0.976. The Bertz CT molecular complexity index is 584. The van der Waals surface area contributed by atoms with E-state index < -0.39 is 11.9 Å². The van der Waals surface area contributed by atoms with Gasteiger partial charge in [0.05, 0.1) is 5.01 Å². The highest BCUT2D eigenvalue weighted by Gasteiger charge is 2.33. The fourth-order valence-corrected chi connectivity index (χ4v) is 2.41. The molecule has 1 aromatic rings. The number of halogens is 3. The summed E-state index contributed by atoms with van der Waals surface area (Å²) in [6.45, 7) is 5.09. The van der Waals surface area contributed by atoms with Crippen LogP contribution in [-0.2, 0) is 17.4 Å². The number of carbonyl (C=O) groups excluding carboxylic acids is 1. The highest BCUT2D eigenvalue weighted by Crippen LogP contribution is 2.29. The van der Waals surface area contributed by atoms with Crippen molar-refractivity contribution < 1.29 is 18.0 Å². The molecule has 0 atom stereocenters. The van der Waals surface area contributed by atoms with Gasteiger partial charge < -0.3 is 15.5 Å². The van der Waals surface area contributed by atoms with E-state index in [2.05, 4.69) is 20.6 Å². The van der Waals surface area contributed by atoms with Crippen molar-refractivity contribution >= 4 is 23.2 Å². The van der Waals surface area contributed by atoms with Crippen molar-refractivity contribution in [3.8, 4) is 0 Å². The fourth-order valence-electron chi connectivity index (χ4n) is 1.61. The largest absolute Gasteiger partial charge is 0.434 e. The zero-order chi connectivity index (χ0) is 19.0. The van der Waals surface area contributed by atoms with Crippen LogP contribution in [0.15, 0.2) is 10.4 Å². The van der Waals surface area contributed by atoms with E-state index in [1.807, 2.05) is 13.8 Å². The molecule has 0 aliphatic heterocycles. The second kappa shape index (κ2) is 9.59. The highest BCUT2D eigenvalue weighted by molar-refractivity contribution is 7.09. The Balaban J connectivity index is 2.57. The Morgan fingerprint density at radius 3 is 2.56 bits per heavy atom. The number of aliphatic imine (C=N–C) groups is 1. The zero-order valence-corrected chi connectivity index (χ0v) is 15.6. The number of alkyl halides is 3. The van der Waals surface area contributed by atoms with E-state index in [-0.39, 0.29) is 12.5 Å². The molecule has 0 radical (unpaired) electrons. The van der Waals surface area contributed by atoms with Crippen LogP contribution in [0.3, 0.4) is 0 Å². The number of guanidine groups is 1. The monoisotopic (exact) mass is 379 g/mol. The SMILES string of the molecule is CC(C)CNC(=NCC(=O)N(C)C)NCCc1nc(C(F)(F)F)cs1. The first kappa shape index (κ1) is 21.2. The predicted octanol–water partition coefficient (Wildman–Crippen LogP) is 1.98. The third kappa shape index (κ3) is 8.19. The van der Waals surface area contributed by atoms with E-state index >= 15 is 0 Å². The molecule has 1 aromatic heterocycles. The number of rotatable bonds is 7. The fraction of sp³-hybridized carbons (Fsp3) is 0.667. The molecule has 0 aliphatic carbocycles. The van der Waals surface area contributed by atoms with Crippen molar-refractivity contribution in [2.45, 2.75) is 26.4 Å². The molecule has 1 heterocycles. The van der Waals surface area contributed by atoms with Crippen LogP contribution in [0.5, 0.6) is 0 Å². The quantitative estimate of drug-likeness (QED) is 0.562. The summed E-state index contributed by atoms with van der Waals surface area (Å²) in [6, 6.07) is 0. The molecule has 1 amide bonds. The summed E-state index contributed by atoms with van der Waals surface area (Å²) in [4.78, 5) is 20.8. The zero-order valence-electron chi connectivity index (χ0n) is 14.8. The van der Waals surface area contributed by atoms with E-state index in [1.165, 1.54) is 4.90 Å². The van der Waals surface area contributed by atoms with E-state index in [1.54, 1.807) is 14.1 Å². The first-order chi connectivity index (χ1) is 11.6. The Labute approximate surface area is 149 Å². The van der Waals surface area contributed by atoms with Gasteiger partial charge in [0.1, 0.15) is 6.54 Å². The minimum absolute atomic E-state index is 0.00407. The van der Waals surface area contributed by atoms with Crippen molar-refractivity contribution in [1.29, 1.82) is 0 Å². The van der Waals surface area contributed by atoms with Gasteiger partial charge in [0.2, 0.25) is 5.91 Å². The second-order valence-electron chi connectivity index (χ2n) is 6.03. The van der Waals surface area contributed by atoms with Crippen LogP contribution in [0.1, 0.15) is 24.5 Å². The summed E-state index contributed by atoms with van der Waals surface area (Å²) in [6.07, 6.45) is -4.08. The summed E-state index contributed by atoms with van der Waals surface area (Å²) < 4.78 is 37.6. The van der Waals surface area contributed by atoms with Crippen LogP contribution in [-0.4, -0.2) is 55.5 Å². The molecule has 0 saturated heterocycles. The predicted molar refractivity (Wildman–Crippen MR) is 92.7 cm³/mol. The molecule has 25 heavy (non-hydrogen) atoms. The van der Waals surface area contributed by atoms with Gasteiger partial charge in [-0.15, -0.1) is 11.3 Å². The van der Waals surface area contributed by atoms with Crippen molar-refractivity contribution in [2.24, 2.45) is 10.9 Å². The molecule has 0 spiro atoms. The molecule has 6 nitrogen and oxygen atoms in total. The molecule has 0 bridgehead atoms. The lowest BCUT2D eigenvalue weighted by atomic mass is 10.2. The Morgan fingerprint density at radius 1 is 1.36 bits per heavy atom. The van der Waals surface area contributed by atoms with Crippen LogP contribution in [0.4, 0.5) is 13.2 Å². The molecule has 0 fully saturated rings. The number of nitrogens with zero attached hydrogens (tertiary/aromatic N) is 3. The van der Waals surface area contributed by atoms with Crippen molar-refractivity contribution in [3.05, 3.63) is 16.1 Å². The van der Waals surface area contributed by atoms with Crippen LogP contribution < -0.4 is 10.6 Å². The Morgan fingerprint density at radius 2 is 2.04 bits per heavy atom. The van der Waals surface area contributed by atoms with Gasteiger partial charge in [-0.3, -0.25) is 4.79 Å². The number of hydrogen-bond donors (Lipinski definition) is 2. The lowest BCUT2D eigenvalue weighted by Crippen LogP contribution is -2.41. The molecule has 10 heteroatoms. The average molecular weight is 379 g/mol. The molecular formula is C15H24F3N5OS. The third-order valence-corrected chi connectivity index (χ3v) is 3.93. The Kier molecular flexibility index (Phi) is 8.14. The number of nitrogens with one attached hydrogen (secondary N) is 2. The maximum atomic E-state index is 12.5. The summed E-state index contributed by atoms with van der Waals surface area (Å²) in [5, 5.41) is 7.53. The molecular weight excluding hydrogens is 355 g/mol. The van der Waals surface area contributed by atoms with Gasteiger partial charge in [-0.25, -0.2) is 9.98 Å². The van der Waals surface area contributed by atoms with Crippen molar-refractivity contribution in [3.63, 3.8) is 0 Å². The summed E-state index contributed by atoms with van der Waals surface area (Å²) in [7, 11) is 3.29. The smallest absolute Gasteiger partial charge is 0.356 e. The molecule has 0 aromatic carbocycles. The normalized spacial score (nSPS) is 12.4. The van der Waals surface area contributed by atoms with Crippen molar-refractivity contribution in [1.82, 2.24) is 20.5 Å². The number of hydrogen-bond acceptors (Lipinski definition) is 4. The van der Waals surface area contributed by atoms with Crippen LogP contribution in [0.2, 0.25) is 0 Å². The highest BCUT2D eigenvalue weighted by atomic mass is 32.1. The Hall–Kier alpha value is -1.84. The maximum absolute atomic E-state index is 12.5. The molecule has 1 rings (SSSR count). The molecule has 0 unspecified atom stereocenters. The number of thiazole rings is 1. The van der Waals surface area contributed by atoms with Gasteiger partial charge in [-0.2, -0.15) is 13.2 Å². The minimum atomic E-state index is -4.42. The average Bonchev–Trinajstić information content (AvgIpc) is 2.97. The minimum Gasteiger partial charge on any atom is -0.356 e. The van der Waals surface area contributed by atoms with E-state index in [0.29, 0.717) is 36.4 Å². The molecule has 2 N–H and O–H groups in total. The first-order valence-corrected chi connectivity index (χ1v) is 8.71. The summed E-state index contributed by atoms with van der Waals surface area (Å²) in [5.74, 6) is 0.696. The molecule has 0 aliphatic rings. The lowest BCUT2D eigenvalue weighted by Gasteiger charge is -2.14.